The summed E-state index contributed by atoms with van der Waals surface area (Å²) in [4.78, 5) is 0. The van der Waals surface area contributed by atoms with Gasteiger partial charge in [-0.2, -0.15) is 0 Å². The molecule has 2 saturated carbocycles. The van der Waals surface area contributed by atoms with E-state index in [1.54, 1.807) is 0 Å². The molecule has 2 saturated heterocycles. The van der Waals surface area contributed by atoms with Gasteiger partial charge in [0.1, 0.15) is 0 Å². The third-order valence-electron chi connectivity index (χ3n) is 6.93. The third kappa shape index (κ3) is 1.02. The molecule has 3 bridgehead atoms. The van der Waals surface area contributed by atoms with Crippen LogP contribution in [0, 0.1) is 23.2 Å². The van der Waals surface area contributed by atoms with Crippen molar-refractivity contribution in [2.24, 2.45) is 23.2 Å². The maximum atomic E-state index is 10.7. The average molecular weight is 236 g/mol. The van der Waals surface area contributed by atoms with Crippen LogP contribution < -0.4 is 0 Å². The monoisotopic (exact) mass is 236 g/mol. The van der Waals surface area contributed by atoms with Crippen LogP contribution in [0.4, 0.5) is 0 Å². The summed E-state index contributed by atoms with van der Waals surface area (Å²) < 4.78 is 6.50. The summed E-state index contributed by atoms with van der Waals surface area (Å²) in [6.45, 7) is 6.84. The Morgan fingerprint density at radius 3 is 2.71 bits per heavy atom. The number of rotatable bonds is 0. The van der Waals surface area contributed by atoms with Gasteiger partial charge in [-0.25, -0.2) is 0 Å². The Labute approximate surface area is 104 Å². The molecule has 96 valence electrons. The second-order valence-corrected chi connectivity index (χ2v) is 7.75. The molecular formula is C15H24O2. The first-order valence-corrected chi connectivity index (χ1v) is 7.29. The third-order valence-corrected chi connectivity index (χ3v) is 6.93. The predicted octanol–water partition coefficient (Wildman–Crippen LogP) is 2.74. The van der Waals surface area contributed by atoms with Gasteiger partial charge in [-0.05, 0) is 56.3 Å². The fraction of sp³-hybridized carbons (Fsp3) is 1.00. The molecule has 1 spiro atoms. The average Bonchev–Trinajstić information content (AvgIpc) is 2.81. The van der Waals surface area contributed by atoms with Crippen LogP contribution in [0.3, 0.4) is 0 Å². The topological polar surface area (TPSA) is 29.5 Å². The molecule has 2 aliphatic heterocycles. The van der Waals surface area contributed by atoms with Crippen molar-refractivity contribution in [1.29, 1.82) is 0 Å². The van der Waals surface area contributed by atoms with E-state index in [-0.39, 0.29) is 5.60 Å². The maximum absolute atomic E-state index is 10.7. The van der Waals surface area contributed by atoms with Gasteiger partial charge in [-0.3, -0.25) is 0 Å². The summed E-state index contributed by atoms with van der Waals surface area (Å²) in [6.07, 6.45) is 6.29. The zero-order chi connectivity index (χ0) is 12.1. The molecule has 7 atom stereocenters. The Kier molecular flexibility index (Phi) is 1.75. The molecule has 0 aromatic heterocycles. The van der Waals surface area contributed by atoms with Crippen LogP contribution in [0.2, 0.25) is 0 Å². The van der Waals surface area contributed by atoms with Gasteiger partial charge in [0.25, 0.3) is 0 Å². The van der Waals surface area contributed by atoms with Crippen LogP contribution in [0.5, 0.6) is 0 Å². The second-order valence-electron chi connectivity index (χ2n) is 7.75. The Bertz CT molecular complexity index is 377. The molecule has 0 aromatic carbocycles. The molecule has 1 N–H and O–H groups in total. The van der Waals surface area contributed by atoms with Crippen molar-refractivity contribution < 1.29 is 9.84 Å². The molecule has 4 aliphatic rings. The smallest absolute Gasteiger partial charge is 0.0725 e. The van der Waals surface area contributed by atoms with E-state index < -0.39 is 5.60 Å². The highest BCUT2D eigenvalue weighted by molar-refractivity contribution is 5.22. The summed E-state index contributed by atoms with van der Waals surface area (Å²) in [5, 5.41) is 10.7. The molecule has 2 heterocycles. The molecule has 17 heavy (non-hydrogen) atoms. The van der Waals surface area contributed by atoms with E-state index in [0.717, 1.165) is 12.3 Å². The first-order valence-electron chi connectivity index (χ1n) is 7.29. The fourth-order valence-corrected chi connectivity index (χ4v) is 5.81. The molecule has 2 aliphatic carbocycles. The molecule has 0 amide bonds. The van der Waals surface area contributed by atoms with Gasteiger partial charge in [-0.15, -0.1) is 0 Å². The van der Waals surface area contributed by atoms with Crippen LogP contribution in [-0.2, 0) is 4.74 Å². The van der Waals surface area contributed by atoms with Gasteiger partial charge >= 0.3 is 0 Å². The SMILES string of the molecule is C[C@H]1CC[C@@]23C[C@@]1(C)[C@@H](O2)[C@@H]1[C@@H]3CC[C@@]1(C)O. The van der Waals surface area contributed by atoms with Crippen LogP contribution >= 0.6 is 0 Å². The molecule has 0 radical (unpaired) electrons. The van der Waals surface area contributed by atoms with Gasteiger partial charge in [0.05, 0.1) is 17.3 Å². The molecule has 2 nitrogen and oxygen atoms in total. The molecule has 2 heteroatoms. The standard InChI is InChI=1S/C15H24O2/c1-9-4-7-15-8-13(9,2)12(17-15)11-10(15)5-6-14(11,3)16/h9-12,16H,4-8H2,1-3H3/t9-,10-,11-,12-,13+,14+,15-/m0/s1. The lowest BCUT2D eigenvalue weighted by atomic mass is 9.52. The number of fused-ring (bicyclic) bond motifs is 5. The van der Waals surface area contributed by atoms with Crippen molar-refractivity contribution in [2.45, 2.75) is 70.2 Å². The fourth-order valence-electron chi connectivity index (χ4n) is 5.81. The molecule has 4 rings (SSSR count). The lowest BCUT2D eigenvalue weighted by Crippen LogP contribution is -2.53. The largest absolute Gasteiger partial charge is 0.390 e. The van der Waals surface area contributed by atoms with E-state index in [2.05, 4.69) is 13.8 Å². The van der Waals surface area contributed by atoms with Crippen LogP contribution in [0.25, 0.3) is 0 Å². The van der Waals surface area contributed by atoms with Gasteiger partial charge < -0.3 is 9.84 Å². The highest BCUT2D eigenvalue weighted by Crippen LogP contribution is 2.71. The van der Waals surface area contributed by atoms with Gasteiger partial charge in [0, 0.05) is 5.92 Å². The minimum atomic E-state index is -0.476. The van der Waals surface area contributed by atoms with Crippen LogP contribution in [-0.4, -0.2) is 22.4 Å². The summed E-state index contributed by atoms with van der Waals surface area (Å²) in [5.74, 6) is 1.80. The first-order chi connectivity index (χ1) is 7.89. The Morgan fingerprint density at radius 1 is 1.18 bits per heavy atom. The zero-order valence-electron chi connectivity index (χ0n) is 11.2. The van der Waals surface area contributed by atoms with Crippen LogP contribution in [0.15, 0.2) is 0 Å². The minimum Gasteiger partial charge on any atom is -0.390 e. The van der Waals surface area contributed by atoms with Gasteiger partial charge in [-0.1, -0.05) is 13.8 Å². The van der Waals surface area contributed by atoms with Crippen molar-refractivity contribution in [3.05, 3.63) is 0 Å². The van der Waals surface area contributed by atoms with Crippen molar-refractivity contribution in [3.8, 4) is 0 Å². The number of aliphatic hydroxyl groups is 1. The van der Waals surface area contributed by atoms with E-state index in [4.69, 9.17) is 4.74 Å². The summed E-state index contributed by atoms with van der Waals surface area (Å²) in [5.41, 5.74) is 0.000648. The first kappa shape index (κ1) is 10.8. The van der Waals surface area contributed by atoms with Crippen molar-refractivity contribution in [2.75, 3.05) is 0 Å². The van der Waals surface area contributed by atoms with Gasteiger partial charge in [0.15, 0.2) is 0 Å². The molecule has 0 unspecified atom stereocenters. The summed E-state index contributed by atoms with van der Waals surface area (Å²) in [6, 6.07) is 0. The van der Waals surface area contributed by atoms with E-state index >= 15 is 0 Å². The molecular weight excluding hydrogens is 212 g/mol. The van der Waals surface area contributed by atoms with Crippen molar-refractivity contribution in [1.82, 2.24) is 0 Å². The van der Waals surface area contributed by atoms with E-state index in [9.17, 15) is 5.11 Å². The maximum Gasteiger partial charge on any atom is 0.0725 e. The van der Waals surface area contributed by atoms with E-state index in [1.165, 1.54) is 25.7 Å². The summed E-state index contributed by atoms with van der Waals surface area (Å²) >= 11 is 0. The van der Waals surface area contributed by atoms with Gasteiger partial charge in [0.2, 0.25) is 0 Å². The van der Waals surface area contributed by atoms with Crippen molar-refractivity contribution in [3.63, 3.8) is 0 Å². The Morgan fingerprint density at radius 2 is 1.94 bits per heavy atom. The molecule has 0 aromatic rings. The molecule has 4 fully saturated rings. The highest BCUT2D eigenvalue weighted by Gasteiger charge is 2.74. The quantitative estimate of drug-likeness (QED) is 0.701. The second kappa shape index (κ2) is 2.75. The summed E-state index contributed by atoms with van der Waals surface area (Å²) in [7, 11) is 0. The predicted molar refractivity (Wildman–Crippen MR) is 65.6 cm³/mol. The zero-order valence-corrected chi connectivity index (χ0v) is 11.2. The van der Waals surface area contributed by atoms with E-state index in [1.807, 2.05) is 6.92 Å². The highest BCUT2D eigenvalue weighted by atomic mass is 16.5. The number of ether oxygens (including phenoxy) is 1. The Hall–Kier alpha value is -0.0800. The number of hydrogen-bond donors (Lipinski definition) is 1. The number of hydrogen-bond acceptors (Lipinski definition) is 2. The van der Waals surface area contributed by atoms with Crippen LogP contribution in [0.1, 0.15) is 52.9 Å². The lowest BCUT2D eigenvalue weighted by molar-refractivity contribution is -0.0635. The van der Waals surface area contributed by atoms with E-state index in [0.29, 0.717) is 23.4 Å². The lowest BCUT2D eigenvalue weighted by Gasteiger charge is -2.50. The normalized spacial score (nSPS) is 68.5. The Balaban J connectivity index is 1.83. The minimum absolute atomic E-state index is 0.150. The van der Waals surface area contributed by atoms with Crippen molar-refractivity contribution >= 4 is 0 Å².